The van der Waals surface area contributed by atoms with E-state index in [0.717, 1.165) is 0 Å². The van der Waals surface area contributed by atoms with Gasteiger partial charge in [-0.3, -0.25) is 16.0 Å². The largest absolute Gasteiger partial charge is 0.419 e. The number of ether oxygens (including phenoxy) is 3. The molecular formula is C24H18N6O6. The molecule has 4 rings (SSSR count). The summed E-state index contributed by atoms with van der Waals surface area (Å²) in [6, 6.07) is 23.7. The number of amides is 3. The second-order valence-corrected chi connectivity index (χ2v) is 6.82. The maximum Gasteiger partial charge on any atom is 0.419 e. The average Bonchev–Trinajstić information content (AvgIpc) is 2.85. The number of carbonyl (C=O) groups excluding carboxylic acids is 3. The van der Waals surface area contributed by atoms with E-state index in [1.807, 2.05) is 0 Å². The molecule has 3 N–H and O–H groups in total. The lowest BCUT2D eigenvalue weighted by Gasteiger charge is -2.09. The zero-order valence-corrected chi connectivity index (χ0v) is 18.5. The Bertz CT molecular complexity index is 1160. The second kappa shape index (κ2) is 11.6. The Morgan fingerprint density at radius 2 is 0.694 bits per heavy atom. The molecule has 0 aliphatic carbocycles. The number of benzene rings is 3. The highest BCUT2D eigenvalue weighted by atomic mass is 16.6. The highest BCUT2D eigenvalue weighted by Gasteiger charge is 2.18. The van der Waals surface area contributed by atoms with Gasteiger partial charge in [0.1, 0.15) is 0 Å². The number of nitrogens with one attached hydrogen (secondary N) is 3. The molecule has 0 saturated heterocycles. The van der Waals surface area contributed by atoms with Crippen LogP contribution in [0.15, 0.2) is 91.0 Å². The first-order chi connectivity index (χ1) is 17.5. The van der Waals surface area contributed by atoms with Gasteiger partial charge in [0.15, 0.2) is 0 Å². The summed E-state index contributed by atoms with van der Waals surface area (Å²) >= 11 is 0. The number of para-hydroxylation sites is 3. The molecule has 4 aromatic rings. The Morgan fingerprint density at radius 3 is 0.944 bits per heavy atom. The molecule has 0 radical (unpaired) electrons. The first kappa shape index (κ1) is 23.6. The van der Waals surface area contributed by atoms with Gasteiger partial charge in [0.25, 0.3) is 0 Å². The van der Waals surface area contributed by atoms with Crippen LogP contribution in [0.2, 0.25) is 0 Å². The van der Waals surface area contributed by atoms with Crippen LogP contribution in [0.4, 0.5) is 31.4 Å². The fraction of sp³-hybridized carbons (Fsp3) is 0. The number of nitrogens with zero attached hydrogens (tertiary/aromatic N) is 3. The van der Waals surface area contributed by atoms with Crippen molar-refractivity contribution in [2.75, 3.05) is 16.0 Å². The zero-order valence-electron chi connectivity index (χ0n) is 18.5. The van der Waals surface area contributed by atoms with Crippen molar-refractivity contribution >= 4 is 35.3 Å². The van der Waals surface area contributed by atoms with Gasteiger partial charge >= 0.3 is 36.3 Å². The van der Waals surface area contributed by atoms with Crippen LogP contribution in [0, 0.1) is 0 Å². The van der Waals surface area contributed by atoms with Crippen molar-refractivity contribution in [1.82, 2.24) is 15.0 Å². The van der Waals surface area contributed by atoms with Crippen molar-refractivity contribution in [1.29, 1.82) is 0 Å². The molecule has 36 heavy (non-hydrogen) atoms. The first-order valence-electron chi connectivity index (χ1n) is 10.4. The van der Waals surface area contributed by atoms with Crippen molar-refractivity contribution < 1.29 is 28.6 Å². The summed E-state index contributed by atoms with van der Waals surface area (Å²) in [5.41, 5.74) is 1.36. The zero-order chi connectivity index (χ0) is 25.2. The molecule has 0 atom stereocenters. The molecular weight excluding hydrogens is 468 g/mol. The number of carbonyl (C=O) groups is 3. The molecule has 0 bridgehead atoms. The summed E-state index contributed by atoms with van der Waals surface area (Å²) in [6.45, 7) is 0. The lowest BCUT2D eigenvalue weighted by atomic mass is 10.3. The van der Waals surface area contributed by atoms with E-state index in [4.69, 9.17) is 14.2 Å². The fourth-order valence-corrected chi connectivity index (χ4v) is 2.70. The predicted molar refractivity (Wildman–Crippen MR) is 128 cm³/mol. The minimum Gasteiger partial charge on any atom is -0.373 e. The number of rotatable bonds is 6. The minimum absolute atomic E-state index is 0.453. The number of aromatic nitrogens is 3. The van der Waals surface area contributed by atoms with E-state index >= 15 is 0 Å². The van der Waals surface area contributed by atoms with Gasteiger partial charge in [-0.2, -0.15) is 0 Å². The third-order valence-electron chi connectivity index (χ3n) is 4.19. The Morgan fingerprint density at radius 1 is 0.444 bits per heavy atom. The minimum atomic E-state index is -0.938. The lowest BCUT2D eigenvalue weighted by Crippen LogP contribution is -2.22. The highest BCUT2D eigenvalue weighted by Crippen LogP contribution is 2.17. The molecule has 1 aromatic heterocycles. The van der Waals surface area contributed by atoms with E-state index in [0.29, 0.717) is 17.1 Å². The maximum atomic E-state index is 12.3. The van der Waals surface area contributed by atoms with E-state index in [2.05, 4.69) is 30.9 Å². The summed E-state index contributed by atoms with van der Waals surface area (Å²) in [6.07, 6.45) is -2.81. The SMILES string of the molecule is O=C(Nc1ccccc1)Oc1nc(OC(=O)Nc2ccccc2)nc(OC(=O)Nc2ccccc2)n1. The van der Waals surface area contributed by atoms with Gasteiger partial charge in [0, 0.05) is 17.1 Å². The maximum absolute atomic E-state index is 12.3. The van der Waals surface area contributed by atoms with Crippen molar-refractivity contribution in [3.8, 4) is 18.0 Å². The van der Waals surface area contributed by atoms with E-state index in [9.17, 15) is 14.4 Å². The molecule has 12 heteroatoms. The van der Waals surface area contributed by atoms with E-state index in [-0.39, 0.29) is 0 Å². The molecule has 180 valence electrons. The van der Waals surface area contributed by atoms with E-state index in [1.165, 1.54) is 0 Å². The molecule has 12 nitrogen and oxygen atoms in total. The number of hydrogen-bond donors (Lipinski definition) is 3. The van der Waals surface area contributed by atoms with Gasteiger partial charge in [-0.15, -0.1) is 15.0 Å². The molecule has 0 fully saturated rings. The smallest absolute Gasteiger partial charge is 0.373 e. The molecule has 0 unspecified atom stereocenters. The quantitative estimate of drug-likeness (QED) is 0.352. The van der Waals surface area contributed by atoms with Crippen LogP contribution in [0.25, 0.3) is 0 Å². The van der Waals surface area contributed by atoms with Crippen LogP contribution in [0.3, 0.4) is 0 Å². The van der Waals surface area contributed by atoms with Crippen LogP contribution >= 0.6 is 0 Å². The van der Waals surface area contributed by atoms with Crippen LogP contribution < -0.4 is 30.2 Å². The second-order valence-electron chi connectivity index (χ2n) is 6.82. The lowest BCUT2D eigenvalue weighted by molar-refractivity contribution is 0.201. The molecule has 1 heterocycles. The Labute approximate surface area is 204 Å². The third-order valence-corrected chi connectivity index (χ3v) is 4.19. The molecule has 0 saturated carbocycles. The normalized spacial score (nSPS) is 10.0. The van der Waals surface area contributed by atoms with Crippen molar-refractivity contribution in [3.63, 3.8) is 0 Å². The summed E-state index contributed by atoms with van der Waals surface area (Å²) in [4.78, 5) is 48.1. The standard InChI is InChI=1S/C24H18N6O6/c31-22(25-16-10-4-1-5-11-16)34-19-28-20(35-23(32)26-17-12-6-2-7-13-17)30-21(29-19)36-24(33)27-18-14-8-3-9-15-18/h1-15H,(H,25,31)(H,26,32)(H,27,33). The summed E-state index contributed by atoms with van der Waals surface area (Å²) in [5, 5.41) is 7.42. The molecule has 3 amide bonds. The van der Waals surface area contributed by atoms with Crippen molar-refractivity contribution in [2.45, 2.75) is 0 Å². The highest BCUT2D eigenvalue weighted by molar-refractivity contribution is 5.87. The molecule has 0 aliphatic heterocycles. The number of hydrogen-bond acceptors (Lipinski definition) is 9. The van der Waals surface area contributed by atoms with Gasteiger partial charge < -0.3 is 14.2 Å². The summed E-state index contributed by atoms with van der Waals surface area (Å²) in [7, 11) is 0. The van der Waals surface area contributed by atoms with E-state index < -0.39 is 36.3 Å². The topological polar surface area (TPSA) is 154 Å². The van der Waals surface area contributed by atoms with E-state index in [1.54, 1.807) is 91.0 Å². The van der Waals surface area contributed by atoms with Crippen LogP contribution in [0.5, 0.6) is 18.0 Å². The molecule has 0 spiro atoms. The van der Waals surface area contributed by atoms with Crippen LogP contribution in [-0.4, -0.2) is 33.2 Å². The molecule has 0 aliphatic rings. The summed E-state index contributed by atoms with van der Waals surface area (Å²) in [5.74, 6) is 0. The van der Waals surface area contributed by atoms with Crippen LogP contribution in [-0.2, 0) is 0 Å². The van der Waals surface area contributed by atoms with Crippen LogP contribution in [0.1, 0.15) is 0 Å². The third kappa shape index (κ3) is 7.25. The summed E-state index contributed by atoms with van der Waals surface area (Å²) < 4.78 is 15.2. The van der Waals surface area contributed by atoms with Gasteiger partial charge in [0.05, 0.1) is 0 Å². The van der Waals surface area contributed by atoms with Crippen molar-refractivity contribution in [3.05, 3.63) is 91.0 Å². The number of anilines is 3. The van der Waals surface area contributed by atoms with Gasteiger partial charge in [-0.1, -0.05) is 54.6 Å². The first-order valence-corrected chi connectivity index (χ1v) is 10.4. The molecule has 3 aromatic carbocycles. The monoisotopic (exact) mass is 486 g/mol. The Kier molecular flexibility index (Phi) is 7.59. The average molecular weight is 486 g/mol. The predicted octanol–water partition coefficient (Wildman–Crippen LogP) is 4.70. The van der Waals surface area contributed by atoms with Gasteiger partial charge in [-0.25, -0.2) is 14.4 Å². The Balaban J connectivity index is 1.49. The Hall–Kier alpha value is -5.52. The van der Waals surface area contributed by atoms with Gasteiger partial charge in [-0.05, 0) is 36.4 Å². The van der Waals surface area contributed by atoms with Crippen molar-refractivity contribution in [2.24, 2.45) is 0 Å². The fourth-order valence-electron chi connectivity index (χ4n) is 2.70. The van der Waals surface area contributed by atoms with Gasteiger partial charge in [0.2, 0.25) is 0 Å².